The zero-order chi connectivity index (χ0) is 13.8. The van der Waals surface area contributed by atoms with E-state index in [-0.39, 0.29) is 5.91 Å². The van der Waals surface area contributed by atoms with Crippen LogP contribution in [-0.2, 0) is 0 Å². The minimum Gasteiger partial charge on any atom is -0.494 e. The van der Waals surface area contributed by atoms with E-state index >= 15 is 0 Å². The maximum absolute atomic E-state index is 12.1. The lowest BCUT2D eigenvalue weighted by Crippen LogP contribution is -2.13. The number of benzene rings is 1. The number of amides is 1. The molecule has 1 heterocycles. The molecule has 0 aliphatic carbocycles. The molecule has 0 saturated heterocycles. The van der Waals surface area contributed by atoms with Gasteiger partial charge in [0.2, 0.25) is 0 Å². The van der Waals surface area contributed by atoms with Gasteiger partial charge in [0.25, 0.3) is 5.91 Å². The summed E-state index contributed by atoms with van der Waals surface area (Å²) in [6.45, 7) is 6.18. The van der Waals surface area contributed by atoms with Crippen molar-refractivity contribution in [1.29, 1.82) is 0 Å². The molecule has 0 bridgehead atoms. The molecule has 0 aliphatic rings. The Kier molecular flexibility index (Phi) is 3.85. The number of hydrogen-bond acceptors (Lipinski definition) is 3. The van der Waals surface area contributed by atoms with E-state index in [1.165, 1.54) is 0 Å². The first-order valence-corrected chi connectivity index (χ1v) is 6.17. The fraction of sp³-hybridized carbons (Fsp3) is 0.286. The van der Waals surface area contributed by atoms with Crippen molar-refractivity contribution in [2.45, 2.75) is 20.8 Å². The summed E-state index contributed by atoms with van der Waals surface area (Å²) < 4.78 is 5.35. The number of anilines is 1. The highest BCUT2D eigenvalue weighted by atomic mass is 16.5. The minimum atomic E-state index is -0.159. The van der Waals surface area contributed by atoms with E-state index in [1.54, 1.807) is 6.92 Å². The third-order valence-corrected chi connectivity index (χ3v) is 2.78. The van der Waals surface area contributed by atoms with Gasteiger partial charge in [0.15, 0.2) is 0 Å². The van der Waals surface area contributed by atoms with Crippen molar-refractivity contribution in [3.8, 4) is 5.75 Å². The van der Waals surface area contributed by atoms with E-state index in [2.05, 4.69) is 15.5 Å². The predicted octanol–water partition coefficient (Wildman–Crippen LogP) is 2.68. The van der Waals surface area contributed by atoms with Crippen LogP contribution in [0.25, 0.3) is 0 Å². The first kappa shape index (κ1) is 13.1. The fourth-order valence-corrected chi connectivity index (χ4v) is 1.88. The second kappa shape index (κ2) is 5.56. The van der Waals surface area contributed by atoms with Crippen molar-refractivity contribution in [3.63, 3.8) is 0 Å². The maximum Gasteiger partial charge on any atom is 0.259 e. The van der Waals surface area contributed by atoms with E-state index in [4.69, 9.17) is 4.74 Å². The lowest BCUT2D eigenvalue weighted by Gasteiger charge is -2.07. The van der Waals surface area contributed by atoms with Crippen molar-refractivity contribution in [1.82, 2.24) is 10.2 Å². The van der Waals surface area contributed by atoms with Gasteiger partial charge in [0.1, 0.15) is 5.75 Å². The van der Waals surface area contributed by atoms with Gasteiger partial charge in [-0.15, -0.1) is 0 Å². The topological polar surface area (TPSA) is 67.0 Å². The molecule has 19 heavy (non-hydrogen) atoms. The van der Waals surface area contributed by atoms with Crippen LogP contribution in [-0.4, -0.2) is 22.7 Å². The first-order valence-electron chi connectivity index (χ1n) is 6.17. The molecule has 0 spiro atoms. The number of rotatable bonds is 4. The number of nitrogens with zero attached hydrogens (tertiary/aromatic N) is 1. The Labute approximate surface area is 112 Å². The van der Waals surface area contributed by atoms with Gasteiger partial charge in [-0.25, -0.2) is 0 Å². The average molecular weight is 259 g/mol. The number of hydrogen-bond donors (Lipinski definition) is 2. The smallest absolute Gasteiger partial charge is 0.259 e. The van der Waals surface area contributed by atoms with Gasteiger partial charge in [-0.1, -0.05) is 0 Å². The van der Waals surface area contributed by atoms with Gasteiger partial charge in [0, 0.05) is 11.4 Å². The zero-order valence-corrected chi connectivity index (χ0v) is 11.3. The summed E-state index contributed by atoms with van der Waals surface area (Å²) in [7, 11) is 0. The highest BCUT2D eigenvalue weighted by Crippen LogP contribution is 2.17. The number of aromatic nitrogens is 2. The van der Waals surface area contributed by atoms with Crippen LogP contribution >= 0.6 is 0 Å². The highest BCUT2D eigenvalue weighted by Gasteiger charge is 2.15. The van der Waals surface area contributed by atoms with Crippen molar-refractivity contribution >= 4 is 11.6 Å². The lowest BCUT2D eigenvalue weighted by atomic mass is 10.2. The second-order valence-corrected chi connectivity index (χ2v) is 4.22. The summed E-state index contributed by atoms with van der Waals surface area (Å²) in [6, 6.07) is 7.28. The quantitative estimate of drug-likeness (QED) is 0.887. The Morgan fingerprint density at radius 3 is 2.53 bits per heavy atom. The maximum atomic E-state index is 12.1. The molecule has 0 fully saturated rings. The van der Waals surface area contributed by atoms with Crippen molar-refractivity contribution < 1.29 is 9.53 Å². The number of H-pyrrole nitrogens is 1. The summed E-state index contributed by atoms with van der Waals surface area (Å²) in [5, 5.41) is 9.65. The number of carbonyl (C=O) groups excluding carboxylic acids is 1. The molecule has 2 N–H and O–H groups in total. The third kappa shape index (κ3) is 2.93. The molecule has 0 aliphatic heterocycles. The molecule has 2 rings (SSSR count). The van der Waals surface area contributed by atoms with Crippen LogP contribution in [0.3, 0.4) is 0 Å². The summed E-state index contributed by atoms with van der Waals surface area (Å²) in [4.78, 5) is 12.1. The Balaban J connectivity index is 2.11. The molecular weight excluding hydrogens is 242 g/mol. The molecule has 5 heteroatoms. The zero-order valence-electron chi connectivity index (χ0n) is 11.3. The number of ether oxygens (including phenoxy) is 1. The molecule has 5 nitrogen and oxygen atoms in total. The molecule has 0 atom stereocenters. The minimum absolute atomic E-state index is 0.159. The number of aromatic amines is 1. The Hall–Kier alpha value is -2.30. The Morgan fingerprint density at radius 1 is 1.32 bits per heavy atom. The van der Waals surface area contributed by atoms with Gasteiger partial charge in [-0.3, -0.25) is 9.89 Å². The molecule has 1 amide bonds. The van der Waals surface area contributed by atoms with Crippen molar-refractivity contribution in [2.24, 2.45) is 0 Å². The van der Waals surface area contributed by atoms with E-state index in [0.29, 0.717) is 17.9 Å². The van der Waals surface area contributed by atoms with Crippen LogP contribution < -0.4 is 10.1 Å². The van der Waals surface area contributed by atoms with E-state index in [0.717, 1.165) is 17.1 Å². The second-order valence-electron chi connectivity index (χ2n) is 4.22. The average Bonchev–Trinajstić information content (AvgIpc) is 2.72. The Bertz CT molecular complexity index is 553. The van der Waals surface area contributed by atoms with E-state index in [9.17, 15) is 4.79 Å². The summed E-state index contributed by atoms with van der Waals surface area (Å²) >= 11 is 0. The Morgan fingerprint density at radius 2 is 2.00 bits per heavy atom. The molecule has 0 unspecified atom stereocenters. The fourth-order valence-electron chi connectivity index (χ4n) is 1.88. The number of carbonyl (C=O) groups is 1. The molecule has 1 aromatic heterocycles. The molecule has 100 valence electrons. The summed E-state index contributed by atoms with van der Waals surface area (Å²) in [5.41, 5.74) is 2.78. The van der Waals surface area contributed by atoms with Gasteiger partial charge in [0.05, 0.1) is 17.9 Å². The van der Waals surface area contributed by atoms with Gasteiger partial charge < -0.3 is 10.1 Å². The largest absolute Gasteiger partial charge is 0.494 e. The van der Waals surface area contributed by atoms with Crippen LogP contribution in [0.2, 0.25) is 0 Å². The summed E-state index contributed by atoms with van der Waals surface area (Å²) in [5.74, 6) is 0.629. The van der Waals surface area contributed by atoms with Crippen LogP contribution in [0, 0.1) is 13.8 Å². The standard InChI is InChI=1S/C14H17N3O2/c1-4-19-12-7-5-11(6-8-12)15-14(18)13-9(2)16-17-10(13)3/h5-8H,4H2,1-3H3,(H,15,18)(H,16,17). The van der Waals surface area contributed by atoms with E-state index < -0.39 is 0 Å². The van der Waals surface area contributed by atoms with Crippen LogP contribution in [0.4, 0.5) is 5.69 Å². The number of nitrogens with one attached hydrogen (secondary N) is 2. The molecule has 0 radical (unpaired) electrons. The van der Waals surface area contributed by atoms with Crippen LogP contribution in [0.5, 0.6) is 5.75 Å². The van der Waals surface area contributed by atoms with Gasteiger partial charge in [-0.05, 0) is 45.0 Å². The SMILES string of the molecule is CCOc1ccc(NC(=O)c2c(C)n[nH]c2C)cc1. The number of aryl methyl sites for hydroxylation is 2. The third-order valence-electron chi connectivity index (χ3n) is 2.78. The molecular formula is C14H17N3O2. The molecule has 2 aromatic rings. The lowest BCUT2D eigenvalue weighted by molar-refractivity contribution is 0.102. The van der Waals surface area contributed by atoms with Crippen LogP contribution in [0.1, 0.15) is 28.7 Å². The van der Waals surface area contributed by atoms with Gasteiger partial charge >= 0.3 is 0 Å². The van der Waals surface area contributed by atoms with Gasteiger partial charge in [-0.2, -0.15) is 5.10 Å². The monoisotopic (exact) mass is 259 g/mol. The van der Waals surface area contributed by atoms with E-state index in [1.807, 2.05) is 38.1 Å². The highest BCUT2D eigenvalue weighted by molar-refractivity contribution is 6.05. The molecule has 0 saturated carbocycles. The first-order chi connectivity index (χ1) is 9.11. The summed E-state index contributed by atoms with van der Waals surface area (Å²) in [6.07, 6.45) is 0. The molecule has 1 aromatic carbocycles. The van der Waals surface area contributed by atoms with Crippen molar-refractivity contribution in [2.75, 3.05) is 11.9 Å². The normalized spacial score (nSPS) is 10.3. The predicted molar refractivity (Wildman–Crippen MR) is 73.6 cm³/mol. The van der Waals surface area contributed by atoms with Crippen LogP contribution in [0.15, 0.2) is 24.3 Å². The van der Waals surface area contributed by atoms with Crippen molar-refractivity contribution in [3.05, 3.63) is 41.2 Å².